The van der Waals surface area contributed by atoms with E-state index in [9.17, 15) is 5.11 Å². The van der Waals surface area contributed by atoms with Gasteiger partial charge in [0.05, 0.1) is 4.47 Å². The summed E-state index contributed by atoms with van der Waals surface area (Å²) in [6.07, 6.45) is 1.79. The van der Waals surface area contributed by atoms with Crippen LogP contribution >= 0.6 is 15.9 Å². The van der Waals surface area contributed by atoms with Crippen molar-refractivity contribution in [3.8, 4) is 5.75 Å². The van der Waals surface area contributed by atoms with E-state index in [1.165, 1.54) is 5.39 Å². The second-order valence-electron chi connectivity index (χ2n) is 5.12. The van der Waals surface area contributed by atoms with Gasteiger partial charge >= 0.3 is 0 Å². The van der Waals surface area contributed by atoms with Crippen molar-refractivity contribution >= 4 is 26.7 Å². The molecule has 0 bridgehead atoms. The predicted octanol–water partition coefficient (Wildman–Crippen LogP) is 3.73. The van der Waals surface area contributed by atoms with Gasteiger partial charge in [0.15, 0.2) is 0 Å². The Morgan fingerprint density at radius 2 is 2.05 bits per heavy atom. The van der Waals surface area contributed by atoms with Crippen molar-refractivity contribution in [3.63, 3.8) is 0 Å². The van der Waals surface area contributed by atoms with E-state index in [0.29, 0.717) is 6.54 Å². The highest BCUT2D eigenvalue weighted by Crippen LogP contribution is 2.33. The Morgan fingerprint density at radius 3 is 2.86 bits per heavy atom. The van der Waals surface area contributed by atoms with Crippen molar-refractivity contribution < 1.29 is 9.84 Å². The van der Waals surface area contributed by atoms with Gasteiger partial charge in [-0.1, -0.05) is 43.7 Å². The first-order valence-corrected chi connectivity index (χ1v) is 8.20. The van der Waals surface area contributed by atoms with Gasteiger partial charge in [0.2, 0.25) is 0 Å². The molecule has 21 heavy (non-hydrogen) atoms. The minimum Gasteiger partial charge on any atom is -0.490 e. The number of hydrogen-bond acceptors (Lipinski definition) is 3. The molecule has 0 saturated heterocycles. The minimum atomic E-state index is -0.500. The zero-order chi connectivity index (χ0) is 15.1. The van der Waals surface area contributed by atoms with Crippen LogP contribution in [0.2, 0.25) is 0 Å². The number of hydrogen-bond donors (Lipinski definition) is 2. The molecule has 114 valence electrons. The summed E-state index contributed by atoms with van der Waals surface area (Å²) in [6, 6.07) is 12.1. The summed E-state index contributed by atoms with van der Waals surface area (Å²) in [5.41, 5.74) is 0. The SMILES string of the molecule is CCCCNC[C@@H](O)COc1ccc2ccccc2c1Br. The number of ether oxygens (including phenoxy) is 1. The van der Waals surface area contributed by atoms with Gasteiger partial charge in [0.25, 0.3) is 0 Å². The molecule has 0 heterocycles. The lowest BCUT2D eigenvalue weighted by Crippen LogP contribution is -2.32. The van der Waals surface area contributed by atoms with E-state index in [4.69, 9.17) is 4.74 Å². The van der Waals surface area contributed by atoms with Crippen molar-refractivity contribution in [2.24, 2.45) is 0 Å². The van der Waals surface area contributed by atoms with E-state index in [1.54, 1.807) is 0 Å². The van der Waals surface area contributed by atoms with Crippen LogP contribution in [0.1, 0.15) is 19.8 Å². The Bertz CT molecular complexity index is 574. The van der Waals surface area contributed by atoms with Crippen LogP contribution < -0.4 is 10.1 Å². The monoisotopic (exact) mass is 351 g/mol. The molecule has 0 saturated carbocycles. The van der Waals surface area contributed by atoms with E-state index in [2.05, 4.69) is 40.3 Å². The largest absolute Gasteiger partial charge is 0.490 e. The number of aliphatic hydroxyl groups is 1. The standard InChI is InChI=1S/C17H22BrNO2/c1-2-3-10-19-11-14(20)12-21-16-9-8-13-6-4-5-7-15(13)17(16)18/h4-9,14,19-20H,2-3,10-12H2,1H3/t14-/m1/s1. The predicted molar refractivity (Wildman–Crippen MR) is 90.9 cm³/mol. The molecule has 0 aliphatic carbocycles. The first-order chi connectivity index (χ1) is 10.2. The van der Waals surface area contributed by atoms with Gasteiger partial charge in [-0.25, -0.2) is 0 Å². The number of nitrogens with one attached hydrogen (secondary N) is 1. The van der Waals surface area contributed by atoms with E-state index in [-0.39, 0.29) is 6.61 Å². The maximum absolute atomic E-state index is 9.91. The maximum atomic E-state index is 9.91. The highest BCUT2D eigenvalue weighted by atomic mass is 79.9. The van der Waals surface area contributed by atoms with Crippen LogP contribution in [0.25, 0.3) is 10.8 Å². The summed E-state index contributed by atoms with van der Waals surface area (Å²) in [6.45, 7) is 3.94. The second-order valence-corrected chi connectivity index (χ2v) is 5.91. The smallest absolute Gasteiger partial charge is 0.134 e. The molecule has 0 aliphatic heterocycles. The normalized spacial score (nSPS) is 12.5. The van der Waals surface area contributed by atoms with Crippen LogP contribution in [-0.2, 0) is 0 Å². The number of unbranched alkanes of at least 4 members (excludes halogenated alkanes) is 1. The minimum absolute atomic E-state index is 0.288. The van der Waals surface area contributed by atoms with E-state index >= 15 is 0 Å². The van der Waals surface area contributed by atoms with E-state index < -0.39 is 6.10 Å². The second kappa shape index (κ2) is 8.37. The fourth-order valence-electron chi connectivity index (χ4n) is 2.14. The summed E-state index contributed by atoms with van der Waals surface area (Å²) < 4.78 is 6.66. The topological polar surface area (TPSA) is 41.5 Å². The van der Waals surface area contributed by atoms with Crippen molar-refractivity contribution in [3.05, 3.63) is 40.9 Å². The fraction of sp³-hybridized carbons (Fsp3) is 0.412. The molecule has 0 radical (unpaired) electrons. The quantitative estimate of drug-likeness (QED) is 0.712. The molecular formula is C17H22BrNO2. The van der Waals surface area contributed by atoms with Gasteiger partial charge in [-0.2, -0.15) is 0 Å². The number of rotatable bonds is 8. The first kappa shape index (κ1) is 16.3. The zero-order valence-electron chi connectivity index (χ0n) is 12.3. The van der Waals surface area contributed by atoms with E-state index in [0.717, 1.165) is 35.0 Å². The van der Waals surface area contributed by atoms with Crippen molar-refractivity contribution in [2.75, 3.05) is 19.7 Å². The molecule has 2 aromatic carbocycles. The highest BCUT2D eigenvalue weighted by molar-refractivity contribution is 9.10. The third-order valence-electron chi connectivity index (χ3n) is 3.35. The molecule has 2 N–H and O–H groups in total. The van der Waals surface area contributed by atoms with Crippen molar-refractivity contribution in [2.45, 2.75) is 25.9 Å². The number of benzene rings is 2. The molecule has 2 rings (SSSR count). The van der Waals surface area contributed by atoms with Crippen LogP contribution in [0, 0.1) is 0 Å². The summed E-state index contributed by atoms with van der Waals surface area (Å²) in [7, 11) is 0. The summed E-state index contributed by atoms with van der Waals surface area (Å²) >= 11 is 3.58. The van der Waals surface area contributed by atoms with Crippen LogP contribution in [0.3, 0.4) is 0 Å². The lowest BCUT2D eigenvalue weighted by atomic mass is 10.1. The molecule has 3 nitrogen and oxygen atoms in total. The van der Waals surface area contributed by atoms with Gasteiger partial charge in [0, 0.05) is 6.54 Å². The fourth-order valence-corrected chi connectivity index (χ4v) is 2.75. The molecule has 1 atom stereocenters. The molecule has 0 spiro atoms. The summed E-state index contributed by atoms with van der Waals surface area (Å²) in [5, 5.41) is 15.4. The van der Waals surface area contributed by atoms with Gasteiger partial charge < -0.3 is 15.2 Å². The Kier molecular flexibility index (Phi) is 6.49. The molecule has 2 aromatic rings. The van der Waals surface area contributed by atoms with Gasteiger partial charge in [-0.15, -0.1) is 0 Å². The molecule has 4 heteroatoms. The average Bonchev–Trinajstić information content (AvgIpc) is 2.51. The van der Waals surface area contributed by atoms with E-state index in [1.807, 2.05) is 24.3 Å². The van der Waals surface area contributed by atoms with Crippen molar-refractivity contribution in [1.82, 2.24) is 5.32 Å². The Morgan fingerprint density at radius 1 is 1.24 bits per heavy atom. The van der Waals surface area contributed by atoms with Crippen LogP contribution in [0.5, 0.6) is 5.75 Å². The van der Waals surface area contributed by atoms with Gasteiger partial charge in [0.1, 0.15) is 18.5 Å². The average molecular weight is 352 g/mol. The van der Waals surface area contributed by atoms with Gasteiger partial charge in [-0.05, 0) is 45.7 Å². The molecule has 0 amide bonds. The molecule has 0 aliphatic rings. The lowest BCUT2D eigenvalue weighted by molar-refractivity contribution is 0.106. The Balaban J connectivity index is 1.90. The zero-order valence-corrected chi connectivity index (χ0v) is 13.9. The summed E-state index contributed by atoms with van der Waals surface area (Å²) in [5.74, 6) is 0.765. The molecule has 0 fully saturated rings. The van der Waals surface area contributed by atoms with Crippen LogP contribution in [0.15, 0.2) is 40.9 Å². The molecular weight excluding hydrogens is 330 g/mol. The highest BCUT2D eigenvalue weighted by Gasteiger charge is 2.09. The number of halogens is 1. The van der Waals surface area contributed by atoms with Gasteiger partial charge in [-0.3, -0.25) is 0 Å². The number of fused-ring (bicyclic) bond motifs is 1. The van der Waals surface area contributed by atoms with Crippen LogP contribution in [-0.4, -0.2) is 30.9 Å². The third-order valence-corrected chi connectivity index (χ3v) is 4.16. The number of aliphatic hydroxyl groups excluding tert-OH is 1. The van der Waals surface area contributed by atoms with Crippen LogP contribution in [0.4, 0.5) is 0 Å². The van der Waals surface area contributed by atoms with Crippen molar-refractivity contribution in [1.29, 1.82) is 0 Å². The lowest BCUT2D eigenvalue weighted by Gasteiger charge is -2.15. The summed E-state index contributed by atoms with van der Waals surface area (Å²) in [4.78, 5) is 0. The molecule has 0 unspecified atom stereocenters. The maximum Gasteiger partial charge on any atom is 0.134 e. The Labute approximate surface area is 134 Å². The third kappa shape index (κ3) is 4.70. The Hall–Kier alpha value is -1.10. The molecule has 0 aromatic heterocycles. The first-order valence-electron chi connectivity index (χ1n) is 7.41.